The molecule has 3 nitrogen and oxygen atoms in total. The van der Waals surface area contributed by atoms with E-state index < -0.39 is 0 Å². The fraction of sp³-hybridized carbons (Fsp3) is 0.632. The molecule has 0 saturated carbocycles. The Morgan fingerprint density at radius 3 is 2.65 bits per heavy atom. The van der Waals surface area contributed by atoms with E-state index in [0.717, 1.165) is 31.9 Å². The van der Waals surface area contributed by atoms with Crippen molar-refractivity contribution in [2.45, 2.75) is 44.4 Å². The Hall–Kier alpha value is -1.00. The Balaban J connectivity index is 1.42. The maximum absolute atomic E-state index is 12.4. The second-order valence-corrected chi connectivity index (χ2v) is 8.32. The molecule has 1 spiro atoms. The molecule has 0 unspecified atom stereocenters. The number of nitrogens with zero attached hydrogens (tertiary/aromatic N) is 1. The van der Waals surface area contributed by atoms with Gasteiger partial charge in [-0.1, -0.05) is 6.07 Å². The molecule has 126 valence electrons. The molecule has 1 aromatic carbocycles. The molecular formula is C19H28N2OS. The Kier molecular flexibility index (Phi) is 5.32. The lowest BCUT2D eigenvalue weighted by molar-refractivity contribution is -0.132. The molecule has 23 heavy (non-hydrogen) atoms. The number of carbonyl (C=O) groups is 1. The topological polar surface area (TPSA) is 32.3 Å². The molecule has 0 atom stereocenters. The maximum atomic E-state index is 12.4. The highest BCUT2D eigenvalue weighted by molar-refractivity contribution is 7.99. The number of nitrogens with one attached hydrogen (secondary N) is 1. The highest BCUT2D eigenvalue weighted by Gasteiger charge is 2.37. The molecule has 1 N–H and O–H groups in total. The van der Waals surface area contributed by atoms with Crippen molar-refractivity contribution in [3.8, 4) is 0 Å². The number of thioether (sulfide) groups is 1. The van der Waals surface area contributed by atoms with E-state index in [1.54, 1.807) is 11.8 Å². The third-order valence-corrected chi connectivity index (χ3v) is 6.57. The van der Waals surface area contributed by atoms with Gasteiger partial charge in [-0.15, -0.1) is 11.8 Å². The zero-order valence-electron chi connectivity index (χ0n) is 14.4. The predicted octanol–water partition coefficient (Wildman–Crippen LogP) is 3.39. The van der Waals surface area contributed by atoms with Crippen LogP contribution in [0, 0.1) is 19.3 Å². The first kappa shape index (κ1) is 16.8. The number of likely N-dealkylation sites (tertiary alicyclic amines) is 1. The number of amides is 1. The number of aryl methyl sites for hydroxylation is 2. The summed E-state index contributed by atoms with van der Waals surface area (Å²) in [6, 6.07) is 6.55. The van der Waals surface area contributed by atoms with E-state index in [1.165, 1.54) is 35.3 Å². The number of benzene rings is 1. The van der Waals surface area contributed by atoms with E-state index >= 15 is 0 Å². The van der Waals surface area contributed by atoms with Gasteiger partial charge in [-0.3, -0.25) is 4.79 Å². The lowest BCUT2D eigenvalue weighted by Gasteiger charge is -2.39. The van der Waals surface area contributed by atoms with E-state index in [0.29, 0.717) is 17.7 Å². The minimum absolute atomic E-state index is 0.335. The van der Waals surface area contributed by atoms with Crippen molar-refractivity contribution in [3.05, 3.63) is 29.3 Å². The van der Waals surface area contributed by atoms with Crippen molar-refractivity contribution in [2.75, 3.05) is 31.9 Å². The summed E-state index contributed by atoms with van der Waals surface area (Å²) in [5.41, 5.74) is 3.15. The largest absolute Gasteiger partial charge is 0.343 e. The van der Waals surface area contributed by atoms with E-state index in [2.05, 4.69) is 42.3 Å². The molecule has 0 radical (unpaired) electrons. The van der Waals surface area contributed by atoms with Gasteiger partial charge in [-0.2, -0.15) is 0 Å². The van der Waals surface area contributed by atoms with Gasteiger partial charge >= 0.3 is 0 Å². The van der Waals surface area contributed by atoms with Gasteiger partial charge in [-0.05, 0) is 68.3 Å². The maximum Gasteiger partial charge on any atom is 0.223 e. The second-order valence-electron chi connectivity index (χ2n) is 7.15. The normalized spacial score (nSPS) is 20.2. The van der Waals surface area contributed by atoms with Gasteiger partial charge in [0.05, 0.1) is 0 Å². The molecule has 0 aliphatic carbocycles. The van der Waals surface area contributed by atoms with Crippen LogP contribution in [-0.2, 0) is 4.79 Å². The fourth-order valence-electron chi connectivity index (χ4n) is 3.67. The summed E-state index contributed by atoms with van der Waals surface area (Å²) in [6.45, 7) is 8.49. The van der Waals surface area contributed by atoms with E-state index in [4.69, 9.17) is 0 Å². The summed E-state index contributed by atoms with van der Waals surface area (Å²) in [6.07, 6.45) is 4.30. The average Bonchev–Trinajstić information content (AvgIpc) is 2.99. The summed E-state index contributed by atoms with van der Waals surface area (Å²) < 4.78 is 0. The third kappa shape index (κ3) is 4.10. The highest BCUT2D eigenvalue weighted by atomic mass is 32.2. The SMILES string of the molecule is Cc1ccc(SCCC(=O)N2CCC3(CCNC3)CC2)cc1C. The summed E-state index contributed by atoms with van der Waals surface area (Å²) in [7, 11) is 0. The van der Waals surface area contributed by atoms with Gasteiger partial charge in [0.1, 0.15) is 0 Å². The minimum atomic E-state index is 0.335. The number of rotatable bonds is 4. The molecule has 3 rings (SSSR count). The Labute approximate surface area is 144 Å². The second kappa shape index (κ2) is 7.27. The Bertz CT molecular complexity index is 556. The smallest absolute Gasteiger partial charge is 0.223 e. The van der Waals surface area contributed by atoms with Crippen molar-refractivity contribution < 1.29 is 4.79 Å². The monoisotopic (exact) mass is 332 g/mol. The molecule has 2 aliphatic heterocycles. The summed E-state index contributed by atoms with van der Waals surface area (Å²) in [4.78, 5) is 15.8. The van der Waals surface area contributed by atoms with Crippen LogP contribution in [0.25, 0.3) is 0 Å². The van der Waals surface area contributed by atoms with Crippen LogP contribution >= 0.6 is 11.8 Å². The fourth-order valence-corrected chi connectivity index (χ4v) is 4.61. The van der Waals surface area contributed by atoms with Crippen LogP contribution in [0.4, 0.5) is 0 Å². The summed E-state index contributed by atoms with van der Waals surface area (Å²) >= 11 is 1.80. The zero-order valence-corrected chi connectivity index (χ0v) is 15.2. The number of piperidine rings is 1. The van der Waals surface area contributed by atoms with Crippen molar-refractivity contribution in [1.82, 2.24) is 10.2 Å². The molecular weight excluding hydrogens is 304 g/mol. The third-order valence-electron chi connectivity index (χ3n) is 5.57. The van der Waals surface area contributed by atoms with Crippen LogP contribution in [0.15, 0.2) is 23.1 Å². The lowest BCUT2D eigenvalue weighted by Crippen LogP contribution is -2.44. The molecule has 2 heterocycles. The Morgan fingerprint density at radius 2 is 2.00 bits per heavy atom. The van der Waals surface area contributed by atoms with Crippen LogP contribution in [-0.4, -0.2) is 42.7 Å². The average molecular weight is 333 g/mol. The van der Waals surface area contributed by atoms with Crippen molar-refractivity contribution in [3.63, 3.8) is 0 Å². The van der Waals surface area contributed by atoms with E-state index in [-0.39, 0.29) is 0 Å². The lowest BCUT2D eigenvalue weighted by atomic mass is 9.78. The summed E-state index contributed by atoms with van der Waals surface area (Å²) in [5.74, 6) is 1.21. The highest BCUT2D eigenvalue weighted by Crippen LogP contribution is 2.37. The zero-order chi connectivity index (χ0) is 16.3. The summed E-state index contributed by atoms with van der Waals surface area (Å²) in [5, 5.41) is 3.48. The predicted molar refractivity (Wildman–Crippen MR) is 97.0 cm³/mol. The van der Waals surface area contributed by atoms with Gasteiger partial charge in [-0.25, -0.2) is 0 Å². The molecule has 2 fully saturated rings. The van der Waals surface area contributed by atoms with Gasteiger partial charge in [0.2, 0.25) is 5.91 Å². The van der Waals surface area contributed by atoms with Crippen LogP contribution in [0.5, 0.6) is 0 Å². The van der Waals surface area contributed by atoms with Crippen molar-refractivity contribution in [2.24, 2.45) is 5.41 Å². The number of carbonyl (C=O) groups excluding carboxylic acids is 1. The Morgan fingerprint density at radius 1 is 1.22 bits per heavy atom. The number of hydrogen-bond donors (Lipinski definition) is 1. The molecule has 4 heteroatoms. The molecule has 1 amide bonds. The first-order chi connectivity index (χ1) is 11.1. The first-order valence-electron chi connectivity index (χ1n) is 8.77. The molecule has 1 aromatic rings. The van der Waals surface area contributed by atoms with Gasteiger partial charge < -0.3 is 10.2 Å². The van der Waals surface area contributed by atoms with Crippen LogP contribution in [0.3, 0.4) is 0 Å². The van der Waals surface area contributed by atoms with Gasteiger partial charge in [0, 0.05) is 36.7 Å². The van der Waals surface area contributed by atoms with Crippen molar-refractivity contribution in [1.29, 1.82) is 0 Å². The molecule has 2 aliphatic rings. The van der Waals surface area contributed by atoms with Gasteiger partial charge in [0.25, 0.3) is 0 Å². The minimum Gasteiger partial charge on any atom is -0.343 e. The van der Waals surface area contributed by atoms with Crippen LogP contribution in [0.1, 0.15) is 36.8 Å². The molecule has 0 bridgehead atoms. The van der Waals surface area contributed by atoms with Gasteiger partial charge in [0.15, 0.2) is 0 Å². The molecule has 0 aromatic heterocycles. The van der Waals surface area contributed by atoms with Crippen LogP contribution in [0.2, 0.25) is 0 Å². The quantitative estimate of drug-likeness (QED) is 0.858. The number of hydrogen-bond acceptors (Lipinski definition) is 3. The first-order valence-corrected chi connectivity index (χ1v) is 9.75. The standard InChI is InChI=1S/C19H28N2OS/c1-15-3-4-17(13-16(15)2)23-12-5-18(22)21-10-7-19(8-11-21)6-9-20-14-19/h3-4,13,20H,5-12,14H2,1-2H3. The van der Waals surface area contributed by atoms with E-state index in [1.807, 2.05) is 0 Å². The van der Waals surface area contributed by atoms with E-state index in [9.17, 15) is 4.79 Å². The molecule has 2 saturated heterocycles. The van der Waals surface area contributed by atoms with Crippen molar-refractivity contribution >= 4 is 17.7 Å². The van der Waals surface area contributed by atoms with Crippen LogP contribution < -0.4 is 5.32 Å².